The number of rotatable bonds is 5. The van der Waals surface area contributed by atoms with Gasteiger partial charge >= 0.3 is 0 Å². The van der Waals surface area contributed by atoms with Gasteiger partial charge in [0.05, 0.1) is 12.9 Å². The van der Waals surface area contributed by atoms with Crippen molar-refractivity contribution in [1.82, 2.24) is 4.31 Å². The number of phenols is 1. The van der Waals surface area contributed by atoms with Crippen LogP contribution in [0.4, 0.5) is 5.69 Å². The van der Waals surface area contributed by atoms with Crippen LogP contribution in [0.1, 0.15) is 5.56 Å². The molecule has 0 aromatic heterocycles. The molecule has 6 nitrogen and oxygen atoms in total. The van der Waals surface area contributed by atoms with Gasteiger partial charge in [-0.25, -0.2) is 8.42 Å². The second-order valence-corrected chi connectivity index (χ2v) is 7.98. The van der Waals surface area contributed by atoms with E-state index in [0.717, 1.165) is 11.4 Å². The highest BCUT2D eigenvalue weighted by Crippen LogP contribution is 2.22. The van der Waals surface area contributed by atoms with Gasteiger partial charge in [-0.1, -0.05) is 12.1 Å². The van der Waals surface area contributed by atoms with Crippen LogP contribution in [0.5, 0.6) is 11.5 Å². The van der Waals surface area contributed by atoms with Crippen LogP contribution in [-0.4, -0.2) is 51.1 Å². The van der Waals surface area contributed by atoms with E-state index in [1.54, 1.807) is 23.5 Å². The number of aromatic hydroxyl groups is 1. The number of ether oxygens (including phenoxy) is 1. The summed E-state index contributed by atoms with van der Waals surface area (Å²) in [6, 6.07) is 14.1. The maximum atomic E-state index is 12.6. The fourth-order valence-electron chi connectivity index (χ4n) is 2.91. The summed E-state index contributed by atoms with van der Waals surface area (Å²) in [5, 5.41) is 9.30. The van der Waals surface area contributed by atoms with Crippen LogP contribution in [0.15, 0.2) is 48.5 Å². The third-order valence-electron chi connectivity index (χ3n) is 4.36. The Hall–Kier alpha value is -2.25. The molecule has 0 aliphatic carbocycles. The molecule has 2 aromatic rings. The fourth-order valence-corrected chi connectivity index (χ4v) is 4.43. The zero-order valence-corrected chi connectivity index (χ0v) is 14.9. The number of sulfonamides is 1. The Morgan fingerprint density at radius 1 is 0.960 bits per heavy atom. The highest BCUT2D eigenvalue weighted by atomic mass is 32.2. The minimum absolute atomic E-state index is 0.0458. The van der Waals surface area contributed by atoms with Gasteiger partial charge in [0.1, 0.15) is 11.5 Å². The molecule has 1 fully saturated rings. The quantitative estimate of drug-likeness (QED) is 0.882. The molecule has 3 rings (SSSR count). The molecule has 7 heteroatoms. The fraction of sp³-hybridized carbons (Fsp3) is 0.333. The van der Waals surface area contributed by atoms with Gasteiger partial charge in [0.2, 0.25) is 10.0 Å². The van der Waals surface area contributed by atoms with Crippen molar-refractivity contribution in [3.05, 3.63) is 54.1 Å². The van der Waals surface area contributed by atoms with Crippen molar-refractivity contribution >= 4 is 15.7 Å². The lowest BCUT2D eigenvalue weighted by Crippen LogP contribution is -2.49. The van der Waals surface area contributed by atoms with Crippen LogP contribution in [0.2, 0.25) is 0 Å². The predicted octanol–water partition coefficient (Wildman–Crippen LogP) is 2.05. The maximum Gasteiger partial charge on any atom is 0.218 e. The summed E-state index contributed by atoms with van der Waals surface area (Å²) < 4.78 is 31.9. The minimum Gasteiger partial charge on any atom is -0.508 e. The Labute approximate surface area is 148 Å². The second-order valence-electron chi connectivity index (χ2n) is 6.01. The van der Waals surface area contributed by atoms with Crippen LogP contribution in [0.25, 0.3) is 0 Å². The maximum absolute atomic E-state index is 12.6. The molecule has 0 unspecified atom stereocenters. The number of phenolic OH excluding ortho intramolecular Hbond substituents is 1. The van der Waals surface area contributed by atoms with Gasteiger partial charge in [-0.3, -0.25) is 0 Å². The summed E-state index contributed by atoms with van der Waals surface area (Å²) in [4.78, 5) is 2.17. The van der Waals surface area contributed by atoms with Crippen LogP contribution < -0.4 is 9.64 Å². The largest absolute Gasteiger partial charge is 0.508 e. The van der Waals surface area contributed by atoms with Gasteiger partial charge in [0.25, 0.3) is 0 Å². The van der Waals surface area contributed by atoms with Gasteiger partial charge in [0, 0.05) is 31.9 Å². The van der Waals surface area contributed by atoms with Gasteiger partial charge < -0.3 is 14.7 Å². The van der Waals surface area contributed by atoms with Gasteiger partial charge in [-0.15, -0.1) is 0 Å². The first kappa shape index (κ1) is 17.6. The molecule has 1 saturated heterocycles. The Morgan fingerprint density at radius 3 is 2.12 bits per heavy atom. The third-order valence-corrected chi connectivity index (χ3v) is 6.21. The van der Waals surface area contributed by atoms with Crippen molar-refractivity contribution < 1.29 is 18.3 Å². The molecule has 0 amide bonds. The number of nitrogens with zero attached hydrogens (tertiary/aromatic N) is 2. The van der Waals surface area contributed by atoms with Crippen molar-refractivity contribution in [2.45, 2.75) is 5.75 Å². The van der Waals surface area contributed by atoms with Gasteiger partial charge in [-0.2, -0.15) is 4.31 Å². The van der Waals surface area contributed by atoms with Crippen molar-refractivity contribution in [3.8, 4) is 11.5 Å². The SMILES string of the molecule is COc1ccc(N2CCN(S(=O)(=O)Cc3ccc(O)cc3)CC2)cc1. The Balaban J connectivity index is 1.61. The summed E-state index contributed by atoms with van der Waals surface area (Å²) >= 11 is 0. The highest BCUT2D eigenvalue weighted by Gasteiger charge is 2.27. The van der Waals surface area contributed by atoms with Gasteiger partial charge in [0.15, 0.2) is 0 Å². The van der Waals surface area contributed by atoms with Gasteiger partial charge in [-0.05, 0) is 42.0 Å². The molecule has 1 N–H and O–H groups in total. The number of hydrogen-bond acceptors (Lipinski definition) is 5. The zero-order valence-electron chi connectivity index (χ0n) is 14.1. The minimum atomic E-state index is -3.36. The zero-order chi connectivity index (χ0) is 17.9. The predicted molar refractivity (Wildman–Crippen MR) is 97.5 cm³/mol. The number of anilines is 1. The normalized spacial score (nSPS) is 16.0. The average molecular weight is 362 g/mol. The van der Waals surface area contributed by atoms with Crippen molar-refractivity contribution in [2.75, 3.05) is 38.2 Å². The Bertz CT molecular complexity index is 796. The van der Waals surface area contributed by atoms with Crippen LogP contribution in [0, 0.1) is 0 Å². The molecule has 1 heterocycles. The highest BCUT2D eigenvalue weighted by molar-refractivity contribution is 7.88. The molecule has 25 heavy (non-hydrogen) atoms. The lowest BCUT2D eigenvalue weighted by atomic mass is 10.2. The molecular weight excluding hydrogens is 340 g/mol. The lowest BCUT2D eigenvalue weighted by Gasteiger charge is -2.35. The third kappa shape index (κ3) is 4.24. The molecule has 0 bridgehead atoms. The average Bonchev–Trinajstić information content (AvgIpc) is 2.64. The van der Waals surface area contributed by atoms with E-state index < -0.39 is 10.0 Å². The first-order valence-corrected chi connectivity index (χ1v) is 9.73. The van der Waals surface area contributed by atoms with E-state index in [-0.39, 0.29) is 11.5 Å². The second kappa shape index (κ2) is 7.33. The monoisotopic (exact) mass is 362 g/mol. The van der Waals surface area contributed by atoms with Crippen LogP contribution >= 0.6 is 0 Å². The van der Waals surface area contributed by atoms with Crippen LogP contribution in [0.3, 0.4) is 0 Å². The van der Waals surface area contributed by atoms with E-state index >= 15 is 0 Å². The van der Waals surface area contributed by atoms with E-state index in [1.807, 2.05) is 24.3 Å². The van der Waals surface area contributed by atoms with Crippen molar-refractivity contribution in [3.63, 3.8) is 0 Å². The van der Waals surface area contributed by atoms with Crippen molar-refractivity contribution in [2.24, 2.45) is 0 Å². The molecule has 0 saturated carbocycles. The molecule has 1 aliphatic rings. The summed E-state index contributed by atoms with van der Waals surface area (Å²) in [6.07, 6.45) is 0. The summed E-state index contributed by atoms with van der Waals surface area (Å²) in [5.41, 5.74) is 1.74. The Kier molecular flexibility index (Phi) is 5.15. The van der Waals surface area contributed by atoms with E-state index in [0.29, 0.717) is 31.7 Å². The molecule has 0 spiro atoms. The van der Waals surface area contributed by atoms with Crippen LogP contribution in [-0.2, 0) is 15.8 Å². The smallest absolute Gasteiger partial charge is 0.218 e. The number of methoxy groups -OCH3 is 1. The molecule has 0 radical (unpaired) electrons. The topological polar surface area (TPSA) is 70.1 Å². The number of hydrogen-bond donors (Lipinski definition) is 1. The first-order chi connectivity index (χ1) is 12.0. The summed E-state index contributed by atoms with van der Waals surface area (Å²) in [6.45, 7) is 2.24. The Morgan fingerprint density at radius 2 is 1.56 bits per heavy atom. The van der Waals surface area contributed by atoms with E-state index in [9.17, 15) is 13.5 Å². The van der Waals surface area contributed by atoms with Crippen molar-refractivity contribution in [1.29, 1.82) is 0 Å². The molecule has 1 aliphatic heterocycles. The molecule has 134 valence electrons. The summed E-state index contributed by atoms with van der Waals surface area (Å²) in [7, 11) is -1.73. The lowest BCUT2D eigenvalue weighted by molar-refractivity contribution is 0.384. The van der Waals surface area contributed by atoms with E-state index in [1.165, 1.54) is 12.1 Å². The van der Waals surface area contributed by atoms with E-state index in [2.05, 4.69) is 4.90 Å². The number of benzene rings is 2. The number of piperazine rings is 1. The standard InChI is InChI=1S/C18H22N2O4S/c1-24-18-8-4-16(5-9-18)19-10-12-20(13-11-19)25(22,23)14-15-2-6-17(21)7-3-15/h2-9,21H,10-14H2,1H3. The van der Waals surface area contributed by atoms with E-state index in [4.69, 9.17) is 4.74 Å². The first-order valence-electron chi connectivity index (χ1n) is 8.13. The molecule has 2 aromatic carbocycles. The molecule has 0 atom stereocenters. The molecular formula is C18H22N2O4S. The summed E-state index contributed by atoms with van der Waals surface area (Å²) in [5.74, 6) is 0.892.